The zero-order valence-electron chi connectivity index (χ0n) is 10.6. The van der Waals surface area contributed by atoms with Crippen molar-refractivity contribution in [2.24, 2.45) is 0 Å². The molecule has 0 unspecified atom stereocenters. The van der Waals surface area contributed by atoms with Crippen molar-refractivity contribution in [3.8, 4) is 0 Å². The van der Waals surface area contributed by atoms with Crippen molar-refractivity contribution in [1.29, 1.82) is 0 Å². The SMILES string of the molecule is N.N.N.N.N.N.[O-][Cl+3]([O-])([O-])[O-].[O-][Cl+3]([O-])([O-])[O-].[O-][Cl+3]([O-])([O-])[O-].[Ru+3]. The van der Waals surface area contributed by atoms with Gasteiger partial charge in [-0.25, -0.2) is 55.9 Å². The maximum Gasteiger partial charge on any atom is 3.00 e. The quantitative estimate of drug-likeness (QED) is 0.167. The van der Waals surface area contributed by atoms with Crippen LogP contribution in [0.1, 0.15) is 0 Å². The van der Waals surface area contributed by atoms with E-state index in [1.807, 2.05) is 0 Å². The first-order valence-corrected chi connectivity index (χ1v) is 5.55. The first kappa shape index (κ1) is 66.2. The minimum absolute atomic E-state index is 0. The molecule has 0 atom stereocenters. The third kappa shape index (κ3) is 13600. The summed E-state index contributed by atoms with van der Waals surface area (Å²) < 4.78 is 102. The van der Waals surface area contributed by atoms with Crippen molar-refractivity contribution >= 4 is 0 Å². The molecule has 0 amide bonds. The number of halogens is 3. The molecule has 0 spiro atoms. The predicted octanol–water partition coefficient (Wildman–Crippen LogP) is -13.3. The van der Waals surface area contributed by atoms with Gasteiger partial charge in [-0.3, -0.25) is 0 Å². The second-order valence-electron chi connectivity index (χ2n) is 1.13. The fraction of sp³-hybridized carbons (Fsp3) is 0. The van der Waals surface area contributed by atoms with Gasteiger partial charge in [0, 0.05) is 0 Å². The van der Waals surface area contributed by atoms with Gasteiger partial charge in [-0.2, -0.15) is 0 Å². The van der Waals surface area contributed by atoms with E-state index in [4.69, 9.17) is 55.9 Å². The molecule has 18 nitrogen and oxygen atoms in total. The molecule has 149 valence electrons. The average Bonchev–Trinajstić information content (AvgIpc) is 1.41. The molecule has 0 aliphatic rings. The van der Waals surface area contributed by atoms with Gasteiger partial charge >= 0.3 is 19.5 Å². The predicted molar refractivity (Wildman–Crippen MR) is 30.1 cm³/mol. The van der Waals surface area contributed by atoms with E-state index < -0.39 is 30.7 Å². The van der Waals surface area contributed by atoms with E-state index in [1.54, 1.807) is 0 Å². The standard InChI is InChI=1S/3ClHO4.6H3N.Ru/c3*2-1(3,4)5;;;;;;;/h3*(H,2,3,4,5);6*1H3;/q;;;;;;;;;+3/p-3. The van der Waals surface area contributed by atoms with Crippen LogP contribution in [0.4, 0.5) is 0 Å². The Hall–Kier alpha value is 0.773. The Morgan fingerprint density at radius 1 is 0.273 bits per heavy atom. The molecule has 22 heteroatoms. The molecular weight excluding hydrogens is 483 g/mol. The normalized spacial score (nSPS) is 8.18. The molecule has 0 aliphatic heterocycles. The van der Waals surface area contributed by atoms with Gasteiger partial charge in [0.15, 0.2) is 0 Å². The molecular formula is H18Cl3N6O12Ru. The molecule has 18 N–H and O–H groups in total. The van der Waals surface area contributed by atoms with Crippen LogP contribution in [0.15, 0.2) is 0 Å². The summed E-state index contributed by atoms with van der Waals surface area (Å²) >= 11 is 0. The van der Waals surface area contributed by atoms with Crippen LogP contribution < -0.4 is 92.8 Å². The molecule has 0 aromatic rings. The Morgan fingerprint density at radius 2 is 0.273 bits per heavy atom. The summed E-state index contributed by atoms with van der Waals surface area (Å²) in [7, 11) is -14.8. The maximum atomic E-state index is 8.49. The summed E-state index contributed by atoms with van der Waals surface area (Å²) in [5.74, 6) is 0. The van der Waals surface area contributed by atoms with Crippen LogP contribution in [0.25, 0.3) is 0 Å². The molecule has 0 bridgehead atoms. The van der Waals surface area contributed by atoms with Crippen LogP contribution in [0, 0.1) is 30.7 Å². The smallest absolute Gasteiger partial charge is 0.344 e. The number of hydrogen-bond donors (Lipinski definition) is 6. The van der Waals surface area contributed by atoms with Gasteiger partial charge in [0.1, 0.15) is 0 Å². The van der Waals surface area contributed by atoms with Crippen LogP contribution in [-0.4, -0.2) is 0 Å². The molecule has 0 aliphatic carbocycles. The Bertz CT molecular complexity index is 110. The fourth-order valence-electron chi connectivity index (χ4n) is 0. The Kier molecular flexibility index (Phi) is 80.2. The molecule has 0 aromatic carbocycles. The van der Waals surface area contributed by atoms with E-state index in [1.165, 1.54) is 0 Å². The van der Waals surface area contributed by atoms with E-state index in [9.17, 15) is 0 Å². The summed E-state index contributed by atoms with van der Waals surface area (Å²) in [5, 5.41) is 0. The van der Waals surface area contributed by atoms with Crippen LogP contribution in [0.5, 0.6) is 0 Å². The summed E-state index contributed by atoms with van der Waals surface area (Å²) in [6.07, 6.45) is 0. The van der Waals surface area contributed by atoms with Crippen LogP contribution in [0.3, 0.4) is 0 Å². The van der Waals surface area contributed by atoms with Crippen molar-refractivity contribution in [3.63, 3.8) is 0 Å². The third-order valence-electron chi connectivity index (χ3n) is 0. The van der Waals surface area contributed by atoms with E-state index in [2.05, 4.69) is 0 Å². The van der Waals surface area contributed by atoms with Crippen molar-refractivity contribution in [2.45, 2.75) is 0 Å². The minimum atomic E-state index is -4.94. The molecule has 0 saturated heterocycles. The largest absolute Gasteiger partial charge is 3.00 e. The maximum absolute atomic E-state index is 8.49. The first-order valence-electron chi connectivity index (χ1n) is 1.85. The van der Waals surface area contributed by atoms with Gasteiger partial charge in [-0.05, 0) is 0 Å². The van der Waals surface area contributed by atoms with Crippen LogP contribution in [0.2, 0.25) is 0 Å². The first-order chi connectivity index (χ1) is 6.00. The van der Waals surface area contributed by atoms with Crippen LogP contribution >= 0.6 is 0 Å². The Balaban J connectivity index is -0.0000000106. The minimum Gasteiger partial charge on any atom is -0.344 e. The second kappa shape index (κ2) is 26.7. The van der Waals surface area contributed by atoms with E-state index in [0.717, 1.165) is 0 Å². The summed E-state index contributed by atoms with van der Waals surface area (Å²) in [4.78, 5) is 0. The molecule has 0 heterocycles. The summed E-state index contributed by atoms with van der Waals surface area (Å²) in [6.45, 7) is 0. The molecule has 1 radical (unpaired) electrons. The van der Waals surface area contributed by atoms with E-state index in [-0.39, 0.29) is 56.4 Å². The van der Waals surface area contributed by atoms with Gasteiger partial charge in [0.2, 0.25) is 0 Å². The van der Waals surface area contributed by atoms with Gasteiger partial charge in [0.05, 0.1) is 0 Å². The van der Waals surface area contributed by atoms with Crippen molar-refractivity contribution in [2.75, 3.05) is 0 Å². The zero-order chi connectivity index (χ0) is 13.5. The topological polar surface area (TPSA) is 487 Å². The van der Waals surface area contributed by atoms with Crippen molar-refractivity contribution < 1.29 is 106 Å². The van der Waals surface area contributed by atoms with Gasteiger partial charge < -0.3 is 36.9 Å². The van der Waals surface area contributed by atoms with Crippen LogP contribution in [-0.2, 0) is 19.5 Å². The molecule has 22 heavy (non-hydrogen) atoms. The summed E-state index contributed by atoms with van der Waals surface area (Å²) in [6, 6.07) is 0. The van der Waals surface area contributed by atoms with Gasteiger partial charge in [0.25, 0.3) is 0 Å². The van der Waals surface area contributed by atoms with E-state index >= 15 is 0 Å². The Labute approximate surface area is 143 Å². The molecule has 0 saturated carbocycles. The van der Waals surface area contributed by atoms with Gasteiger partial charge in [-0.1, -0.05) is 0 Å². The fourth-order valence-corrected chi connectivity index (χ4v) is 0. The zero-order valence-corrected chi connectivity index (χ0v) is 14.6. The molecule has 0 fully saturated rings. The second-order valence-corrected chi connectivity index (χ2v) is 3.40. The molecule has 0 rings (SSSR count). The van der Waals surface area contributed by atoms with Gasteiger partial charge in [-0.15, -0.1) is 30.7 Å². The average molecular weight is 502 g/mol. The number of rotatable bonds is 0. The third-order valence-corrected chi connectivity index (χ3v) is 0. The summed E-state index contributed by atoms with van der Waals surface area (Å²) in [5.41, 5.74) is 0. The van der Waals surface area contributed by atoms with Crippen molar-refractivity contribution in [3.05, 3.63) is 0 Å². The Morgan fingerprint density at radius 3 is 0.273 bits per heavy atom. The number of hydrogen-bond acceptors (Lipinski definition) is 18. The molecule has 0 aromatic heterocycles. The monoisotopic (exact) mass is 501 g/mol. The van der Waals surface area contributed by atoms with E-state index in [0.29, 0.717) is 0 Å². The van der Waals surface area contributed by atoms with Crippen molar-refractivity contribution in [1.82, 2.24) is 36.9 Å².